The standard InChI is InChI=1S/C21H27N3O6S/c25-20(22-26)21(7-14-29-15-8-21)16-31(27,28)24-11-9-23(10-12-24)18-5-3-17(4-6-18)19-2-1-13-30-19/h1-6,13,26H,7-12,14-16H2,(H,22,25). The van der Waals surface area contributed by atoms with Crippen LogP contribution in [0.4, 0.5) is 5.69 Å². The largest absolute Gasteiger partial charge is 0.464 e. The lowest BCUT2D eigenvalue weighted by Crippen LogP contribution is -2.54. The predicted molar refractivity (Wildman–Crippen MR) is 114 cm³/mol. The zero-order valence-electron chi connectivity index (χ0n) is 17.2. The quantitative estimate of drug-likeness (QED) is 0.510. The number of hydroxylamine groups is 1. The molecule has 0 aliphatic carbocycles. The van der Waals surface area contributed by atoms with Crippen molar-refractivity contribution in [2.75, 3.05) is 50.0 Å². The second kappa shape index (κ2) is 8.99. The number of hydrogen-bond acceptors (Lipinski definition) is 7. The Bertz CT molecular complexity index is 977. The molecule has 1 aromatic heterocycles. The van der Waals surface area contributed by atoms with E-state index in [-0.39, 0.29) is 18.6 Å². The number of hydrogen-bond donors (Lipinski definition) is 2. The number of sulfonamides is 1. The molecule has 0 spiro atoms. The van der Waals surface area contributed by atoms with Gasteiger partial charge >= 0.3 is 0 Å². The molecule has 3 heterocycles. The molecule has 2 aliphatic rings. The van der Waals surface area contributed by atoms with Crippen molar-refractivity contribution in [3.63, 3.8) is 0 Å². The van der Waals surface area contributed by atoms with Gasteiger partial charge in [-0.25, -0.2) is 13.9 Å². The maximum atomic E-state index is 13.1. The number of rotatable bonds is 6. The zero-order chi connectivity index (χ0) is 21.9. The average Bonchev–Trinajstić information content (AvgIpc) is 3.34. The Kier molecular flexibility index (Phi) is 6.33. The van der Waals surface area contributed by atoms with Crippen molar-refractivity contribution in [1.29, 1.82) is 0 Å². The van der Waals surface area contributed by atoms with Crippen LogP contribution in [0.15, 0.2) is 47.1 Å². The highest BCUT2D eigenvalue weighted by atomic mass is 32.2. The number of anilines is 1. The first-order chi connectivity index (χ1) is 14.9. The van der Waals surface area contributed by atoms with Crippen LogP contribution in [0.3, 0.4) is 0 Å². The Morgan fingerprint density at radius 3 is 2.32 bits per heavy atom. The predicted octanol–water partition coefficient (Wildman–Crippen LogP) is 1.70. The molecule has 2 aliphatic heterocycles. The Morgan fingerprint density at radius 2 is 1.74 bits per heavy atom. The highest BCUT2D eigenvalue weighted by Gasteiger charge is 2.45. The number of furan rings is 1. The van der Waals surface area contributed by atoms with E-state index in [1.807, 2.05) is 36.4 Å². The molecular formula is C21H27N3O6S. The minimum Gasteiger partial charge on any atom is -0.464 e. The van der Waals surface area contributed by atoms with Crippen molar-refractivity contribution in [1.82, 2.24) is 9.79 Å². The number of carbonyl (C=O) groups is 1. The number of amides is 1. The fourth-order valence-corrected chi connectivity index (χ4v) is 6.28. The summed E-state index contributed by atoms with van der Waals surface area (Å²) in [5.74, 6) is -0.181. The summed E-state index contributed by atoms with van der Waals surface area (Å²) in [7, 11) is -3.67. The Hall–Kier alpha value is -2.40. The zero-order valence-corrected chi connectivity index (χ0v) is 18.0. The average molecular weight is 450 g/mol. The Balaban J connectivity index is 1.40. The second-order valence-corrected chi connectivity index (χ2v) is 9.97. The lowest BCUT2D eigenvalue weighted by molar-refractivity contribution is -0.143. The fraction of sp³-hybridized carbons (Fsp3) is 0.476. The lowest BCUT2D eigenvalue weighted by atomic mass is 9.81. The highest BCUT2D eigenvalue weighted by molar-refractivity contribution is 7.89. The summed E-state index contributed by atoms with van der Waals surface area (Å²) in [6, 6.07) is 11.7. The SMILES string of the molecule is O=C(NO)C1(CS(=O)(=O)N2CCN(c3ccc(-c4ccco4)cc3)CC2)CCOCC1. The van der Waals surface area contributed by atoms with E-state index in [0.29, 0.717) is 39.4 Å². The molecule has 1 amide bonds. The minimum atomic E-state index is -3.67. The molecule has 168 valence electrons. The van der Waals surface area contributed by atoms with Gasteiger partial charge in [0.25, 0.3) is 5.91 Å². The minimum absolute atomic E-state index is 0.264. The number of nitrogens with zero attached hydrogens (tertiary/aromatic N) is 2. The van der Waals surface area contributed by atoms with Crippen LogP contribution in [0.5, 0.6) is 0 Å². The van der Waals surface area contributed by atoms with Crippen LogP contribution in [0.25, 0.3) is 11.3 Å². The van der Waals surface area contributed by atoms with Crippen LogP contribution >= 0.6 is 0 Å². The van der Waals surface area contributed by atoms with Crippen LogP contribution in [-0.2, 0) is 19.6 Å². The molecule has 10 heteroatoms. The van der Waals surface area contributed by atoms with Crippen LogP contribution < -0.4 is 10.4 Å². The molecule has 0 saturated carbocycles. The van der Waals surface area contributed by atoms with Gasteiger partial charge in [0.05, 0.1) is 17.4 Å². The molecule has 2 N–H and O–H groups in total. The van der Waals surface area contributed by atoms with Crippen molar-refractivity contribution in [3.8, 4) is 11.3 Å². The first-order valence-corrected chi connectivity index (χ1v) is 11.9. The van der Waals surface area contributed by atoms with Crippen LogP contribution in [-0.4, -0.2) is 69.0 Å². The third-order valence-corrected chi connectivity index (χ3v) is 8.23. The molecule has 0 unspecified atom stereocenters. The molecule has 9 nitrogen and oxygen atoms in total. The molecule has 4 rings (SSSR count). The van der Waals surface area contributed by atoms with Crippen molar-refractivity contribution in [2.45, 2.75) is 12.8 Å². The first-order valence-electron chi connectivity index (χ1n) is 10.3. The Labute approximate surface area is 181 Å². The van der Waals surface area contributed by atoms with E-state index in [4.69, 9.17) is 14.4 Å². The van der Waals surface area contributed by atoms with Gasteiger partial charge in [0.2, 0.25) is 10.0 Å². The first kappa shape index (κ1) is 21.8. The number of nitrogens with one attached hydrogen (secondary N) is 1. The van der Waals surface area contributed by atoms with Gasteiger partial charge in [-0.1, -0.05) is 0 Å². The van der Waals surface area contributed by atoms with E-state index in [9.17, 15) is 13.2 Å². The van der Waals surface area contributed by atoms with Gasteiger partial charge in [0, 0.05) is 50.6 Å². The van der Waals surface area contributed by atoms with Crippen molar-refractivity contribution in [3.05, 3.63) is 42.7 Å². The molecule has 0 atom stereocenters. The van der Waals surface area contributed by atoms with Crippen molar-refractivity contribution < 1.29 is 27.6 Å². The van der Waals surface area contributed by atoms with Gasteiger partial charge in [-0.3, -0.25) is 10.0 Å². The van der Waals surface area contributed by atoms with E-state index < -0.39 is 21.3 Å². The van der Waals surface area contributed by atoms with Crippen LogP contribution in [0.2, 0.25) is 0 Å². The van der Waals surface area contributed by atoms with Gasteiger partial charge in [-0.2, -0.15) is 4.31 Å². The van der Waals surface area contributed by atoms with E-state index in [1.165, 1.54) is 4.31 Å². The summed E-state index contributed by atoms with van der Waals surface area (Å²) in [6.07, 6.45) is 2.17. The van der Waals surface area contributed by atoms with Gasteiger partial charge < -0.3 is 14.1 Å². The third-order valence-electron chi connectivity index (χ3n) is 6.16. The van der Waals surface area contributed by atoms with E-state index >= 15 is 0 Å². The highest BCUT2D eigenvalue weighted by Crippen LogP contribution is 2.34. The molecule has 0 radical (unpaired) electrons. The van der Waals surface area contributed by atoms with Gasteiger partial charge in [-0.05, 0) is 49.2 Å². The van der Waals surface area contributed by atoms with Crippen molar-refractivity contribution >= 4 is 21.6 Å². The second-order valence-electron chi connectivity index (χ2n) is 8.00. The van der Waals surface area contributed by atoms with Gasteiger partial charge in [-0.15, -0.1) is 0 Å². The molecule has 2 aromatic rings. The molecule has 31 heavy (non-hydrogen) atoms. The molecule has 2 saturated heterocycles. The number of ether oxygens (including phenoxy) is 1. The molecule has 0 bridgehead atoms. The van der Waals surface area contributed by atoms with Crippen molar-refractivity contribution in [2.24, 2.45) is 5.41 Å². The van der Waals surface area contributed by atoms with E-state index in [2.05, 4.69) is 4.90 Å². The summed E-state index contributed by atoms with van der Waals surface area (Å²) in [6.45, 7) is 2.39. The Morgan fingerprint density at radius 1 is 1.06 bits per heavy atom. The summed E-state index contributed by atoms with van der Waals surface area (Å²) < 4.78 is 38.3. The number of carbonyl (C=O) groups excluding carboxylic acids is 1. The molecule has 2 fully saturated rings. The fourth-order valence-electron chi connectivity index (χ4n) is 4.26. The third kappa shape index (κ3) is 4.62. The van der Waals surface area contributed by atoms with Crippen LogP contribution in [0.1, 0.15) is 12.8 Å². The maximum absolute atomic E-state index is 13.1. The summed E-state index contributed by atoms with van der Waals surface area (Å²) in [4.78, 5) is 14.4. The lowest BCUT2D eigenvalue weighted by Gasteiger charge is -2.39. The summed E-state index contributed by atoms with van der Waals surface area (Å²) >= 11 is 0. The van der Waals surface area contributed by atoms with Crippen LogP contribution in [0, 0.1) is 5.41 Å². The number of piperazine rings is 1. The molecule has 1 aromatic carbocycles. The smallest absolute Gasteiger partial charge is 0.250 e. The summed E-state index contributed by atoms with van der Waals surface area (Å²) in [5, 5.41) is 9.14. The topological polar surface area (TPSA) is 112 Å². The normalized spacial score (nSPS) is 19.8. The monoisotopic (exact) mass is 449 g/mol. The molecular weight excluding hydrogens is 422 g/mol. The van der Waals surface area contributed by atoms with E-state index in [1.54, 1.807) is 11.7 Å². The van der Waals surface area contributed by atoms with Gasteiger partial charge in [0.1, 0.15) is 5.76 Å². The van der Waals surface area contributed by atoms with Gasteiger partial charge in [0.15, 0.2) is 0 Å². The van der Waals surface area contributed by atoms with E-state index in [0.717, 1.165) is 17.0 Å². The maximum Gasteiger partial charge on any atom is 0.250 e. The number of benzene rings is 1. The summed E-state index contributed by atoms with van der Waals surface area (Å²) in [5.41, 5.74) is 2.50.